The van der Waals surface area contributed by atoms with Gasteiger partial charge >= 0.3 is 0 Å². The summed E-state index contributed by atoms with van der Waals surface area (Å²) in [5.41, 5.74) is 5.73. The number of rotatable bonds is 9. The highest BCUT2D eigenvalue weighted by Crippen LogP contribution is 2.33. The van der Waals surface area contributed by atoms with Crippen LogP contribution in [0.15, 0.2) is 36.7 Å². The molecule has 2 heterocycles. The third-order valence-electron chi connectivity index (χ3n) is 6.96. The number of likely N-dealkylation sites (N-methyl/N-ethyl adjacent to an activating group) is 1. The third kappa shape index (κ3) is 5.02. The molecule has 1 aliphatic rings. The van der Waals surface area contributed by atoms with Crippen molar-refractivity contribution in [3.05, 3.63) is 64.5 Å². The van der Waals surface area contributed by atoms with Gasteiger partial charge in [0, 0.05) is 43.0 Å². The number of aryl methyl sites for hydroxylation is 2. The summed E-state index contributed by atoms with van der Waals surface area (Å²) in [6, 6.07) is 8.26. The average Bonchev–Trinajstić information content (AvgIpc) is 2.84. The number of aromatic nitrogens is 1. The minimum absolute atomic E-state index is 0.179. The molecule has 0 bridgehead atoms. The lowest BCUT2D eigenvalue weighted by Crippen LogP contribution is -2.39. The van der Waals surface area contributed by atoms with Crippen LogP contribution in [0.5, 0.6) is 11.5 Å². The number of carbonyl (C=O) groups is 1. The van der Waals surface area contributed by atoms with Gasteiger partial charge in [-0.3, -0.25) is 9.78 Å². The highest BCUT2D eigenvalue weighted by Gasteiger charge is 2.24. The number of fused-ring (bicyclic) bond motifs is 2. The molecule has 3 aromatic rings. The first-order valence-electron chi connectivity index (χ1n) is 12.0. The van der Waals surface area contributed by atoms with Gasteiger partial charge in [0.2, 0.25) is 0 Å². The Hall–Kier alpha value is -3.12. The van der Waals surface area contributed by atoms with E-state index in [-0.39, 0.29) is 5.91 Å². The first-order valence-corrected chi connectivity index (χ1v) is 12.0. The summed E-state index contributed by atoms with van der Waals surface area (Å²) in [6.07, 6.45) is 6.60. The Labute approximate surface area is 202 Å². The number of benzene rings is 2. The number of ether oxygens (including phenoxy) is 2. The second kappa shape index (κ2) is 10.4. The Morgan fingerprint density at radius 2 is 1.74 bits per heavy atom. The van der Waals surface area contributed by atoms with Gasteiger partial charge in [-0.15, -0.1) is 0 Å². The van der Waals surface area contributed by atoms with E-state index in [2.05, 4.69) is 42.9 Å². The smallest absolute Gasteiger partial charge is 0.254 e. The molecule has 34 heavy (non-hydrogen) atoms. The lowest BCUT2D eigenvalue weighted by Gasteiger charge is -2.30. The SMILES string of the molecule is COc1cc2cncc(CCN(C)CCCN3CCc4cc(C)c(C)cc4C3=O)c2cc1OC. The van der Waals surface area contributed by atoms with Crippen molar-refractivity contribution in [2.75, 3.05) is 47.4 Å². The quantitative estimate of drug-likeness (QED) is 0.472. The minimum atomic E-state index is 0.179. The maximum absolute atomic E-state index is 13.0. The Morgan fingerprint density at radius 1 is 1.00 bits per heavy atom. The normalized spacial score (nSPS) is 13.5. The van der Waals surface area contributed by atoms with Gasteiger partial charge in [0.1, 0.15) is 0 Å². The van der Waals surface area contributed by atoms with Crippen molar-refractivity contribution in [1.82, 2.24) is 14.8 Å². The maximum Gasteiger partial charge on any atom is 0.254 e. The van der Waals surface area contributed by atoms with Crippen molar-refractivity contribution >= 4 is 16.7 Å². The van der Waals surface area contributed by atoms with Crippen molar-refractivity contribution in [3.63, 3.8) is 0 Å². The summed E-state index contributed by atoms with van der Waals surface area (Å²) in [5.74, 6) is 1.62. The summed E-state index contributed by atoms with van der Waals surface area (Å²) in [4.78, 5) is 21.7. The Bertz CT molecular complexity index is 1190. The molecule has 0 saturated carbocycles. The summed E-state index contributed by atoms with van der Waals surface area (Å²) >= 11 is 0. The van der Waals surface area contributed by atoms with Crippen LogP contribution in [0.4, 0.5) is 0 Å². The summed E-state index contributed by atoms with van der Waals surface area (Å²) < 4.78 is 10.9. The van der Waals surface area contributed by atoms with Crippen LogP contribution in [0.2, 0.25) is 0 Å². The molecule has 2 aromatic carbocycles. The predicted octanol–water partition coefficient (Wildman–Crippen LogP) is 4.43. The van der Waals surface area contributed by atoms with Crippen molar-refractivity contribution in [1.29, 1.82) is 0 Å². The Balaban J connectivity index is 1.32. The van der Waals surface area contributed by atoms with Crippen molar-refractivity contribution in [2.45, 2.75) is 33.1 Å². The van der Waals surface area contributed by atoms with Crippen LogP contribution < -0.4 is 9.47 Å². The van der Waals surface area contributed by atoms with Crippen LogP contribution in [-0.2, 0) is 12.8 Å². The van der Waals surface area contributed by atoms with Crippen molar-refractivity contribution < 1.29 is 14.3 Å². The van der Waals surface area contributed by atoms with Gasteiger partial charge in [-0.05, 0) is 92.5 Å². The molecule has 6 heteroatoms. The van der Waals surface area contributed by atoms with E-state index < -0.39 is 0 Å². The lowest BCUT2D eigenvalue weighted by molar-refractivity contribution is 0.0733. The topological polar surface area (TPSA) is 54.9 Å². The summed E-state index contributed by atoms with van der Waals surface area (Å²) in [5, 5.41) is 2.19. The van der Waals surface area contributed by atoms with Gasteiger partial charge in [-0.2, -0.15) is 0 Å². The first-order chi connectivity index (χ1) is 16.4. The molecule has 0 spiro atoms. The number of amides is 1. The fourth-order valence-electron chi connectivity index (χ4n) is 4.73. The molecule has 1 amide bonds. The molecule has 180 valence electrons. The van der Waals surface area contributed by atoms with Gasteiger partial charge in [0.25, 0.3) is 5.91 Å². The number of hydrogen-bond acceptors (Lipinski definition) is 5. The van der Waals surface area contributed by atoms with Crippen LogP contribution in [0.1, 0.15) is 39.0 Å². The Morgan fingerprint density at radius 3 is 2.50 bits per heavy atom. The van der Waals surface area contributed by atoms with Gasteiger partial charge in [0.05, 0.1) is 14.2 Å². The fourth-order valence-corrected chi connectivity index (χ4v) is 4.73. The number of hydrogen-bond donors (Lipinski definition) is 0. The second-order valence-corrected chi connectivity index (χ2v) is 9.27. The Kier molecular flexibility index (Phi) is 7.37. The van der Waals surface area contributed by atoms with Gasteiger partial charge in [-0.1, -0.05) is 6.07 Å². The highest BCUT2D eigenvalue weighted by molar-refractivity contribution is 5.97. The van der Waals surface area contributed by atoms with Gasteiger partial charge in [0.15, 0.2) is 11.5 Å². The van der Waals surface area contributed by atoms with Crippen LogP contribution in [0.25, 0.3) is 10.8 Å². The average molecular weight is 462 g/mol. The van der Waals surface area contributed by atoms with Crippen LogP contribution >= 0.6 is 0 Å². The molecule has 4 rings (SSSR count). The fraction of sp³-hybridized carbons (Fsp3) is 0.429. The molecule has 1 aromatic heterocycles. The van der Waals surface area contributed by atoms with Crippen LogP contribution in [-0.4, -0.2) is 68.1 Å². The highest BCUT2D eigenvalue weighted by atomic mass is 16.5. The van der Waals surface area contributed by atoms with Gasteiger partial charge < -0.3 is 19.3 Å². The van der Waals surface area contributed by atoms with E-state index in [4.69, 9.17) is 9.47 Å². The zero-order valence-corrected chi connectivity index (χ0v) is 21.0. The molecule has 0 unspecified atom stereocenters. The van der Waals surface area contributed by atoms with Gasteiger partial charge in [-0.25, -0.2) is 0 Å². The molecule has 0 saturated heterocycles. The number of nitrogens with zero attached hydrogens (tertiary/aromatic N) is 3. The van der Waals surface area contributed by atoms with Crippen molar-refractivity contribution in [3.8, 4) is 11.5 Å². The van der Waals surface area contributed by atoms with E-state index in [0.29, 0.717) is 5.75 Å². The van der Waals surface area contributed by atoms with E-state index in [1.54, 1.807) is 14.2 Å². The zero-order chi connectivity index (χ0) is 24.2. The monoisotopic (exact) mass is 461 g/mol. The van der Waals surface area contributed by atoms with E-state index in [9.17, 15) is 4.79 Å². The largest absolute Gasteiger partial charge is 0.493 e. The number of methoxy groups -OCH3 is 2. The summed E-state index contributed by atoms with van der Waals surface area (Å²) in [6.45, 7) is 7.66. The van der Waals surface area contributed by atoms with E-state index in [1.807, 2.05) is 29.4 Å². The minimum Gasteiger partial charge on any atom is -0.493 e. The predicted molar refractivity (Wildman–Crippen MR) is 136 cm³/mol. The molecular weight excluding hydrogens is 426 g/mol. The number of pyridine rings is 1. The van der Waals surface area contributed by atoms with E-state index in [0.717, 1.165) is 67.5 Å². The van der Waals surface area contributed by atoms with Crippen molar-refractivity contribution in [2.24, 2.45) is 0 Å². The molecule has 0 radical (unpaired) electrons. The summed E-state index contributed by atoms with van der Waals surface area (Å²) in [7, 11) is 5.45. The third-order valence-corrected chi connectivity index (χ3v) is 6.96. The lowest BCUT2D eigenvalue weighted by atomic mass is 9.94. The maximum atomic E-state index is 13.0. The molecule has 0 N–H and O–H groups in total. The standard InChI is InChI=1S/C28H35N3O3/c1-19-13-21-8-12-31(28(32)25(21)14-20(19)2)10-6-9-30(3)11-7-22-17-29-18-23-15-26(33-4)27(34-5)16-24(22)23/h13-18H,6-12H2,1-5H3. The van der Waals surface area contributed by atoms with E-state index >= 15 is 0 Å². The molecule has 1 aliphatic heterocycles. The van der Waals surface area contributed by atoms with Crippen LogP contribution in [0.3, 0.4) is 0 Å². The van der Waals surface area contributed by atoms with Crippen LogP contribution in [0, 0.1) is 13.8 Å². The second-order valence-electron chi connectivity index (χ2n) is 9.27. The molecule has 6 nitrogen and oxygen atoms in total. The zero-order valence-electron chi connectivity index (χ0n) is 21.0. The molecule has 0 atom stereocenters. The molecule has 0 aliphatic carbocycles. The number of carbonyl (C=O) groups excluding carboxylic acids is 1. The molecular formula is C28H35N3O3. The first kappa shape index (κ1) is 24.0. The molecule has 0 fully saturated rings. The van der Waals surface area contributed by atoms with E-state index in [1.165, 1.54) is 22.3 Å².